The molecule has 0 amide bonds. The number of nitrogens with one attached hydrogen (secondary N) is 1. The van der Waals surface area contributed by atoms with Gasteiger partial charge in [-0.25, -0.2) is 0 Å². The van der Waals surface area contributed by atoms with Crippen LogP contribution in [-0.2, 0) is 0 Å². The van der Waals surface area contributed by atoms with Crippen LogP contribution in [-0.4, -0.2) is 31.6 Å². The Morgan fingerprint density at radius 1 is 1.62 bits per heavy atom. The van der Waals surface area contributed by atoms with E-state index in [9.17, 15) is 0 Å². The average Bonchev–Trinajstić information content (AvgIpc) is 2.83. The smallest absolute Gasteiger partial charge is 0.0410 e. The lowest BCUT2D eigenvalue weighted by Crippen LogP contribution is -2.37. The lowest BCUT2D eigenvalue weighted by molar-refractivity contribution is 0.201. The highest BCUT2D eigenvalue weighted by Crippen LogP contribution is 2.24. The van der Waals surface area contributed by atoms with E-state index in [-0.39, 0.29) is 0 Å². The number of hydrogen-bond acceptors (Lipinski definition) is 3. The molecule has 0 spiro atoms. The van der Waals surface area contributed by atoms with Crippen LogP contribution in [0.25, 0.3) is 0 Å². The van der Waals surface area contributed by atoms with Gasteiger partial charge in [-0.1, -0.05) is 6.07 Å². The summed E-state index contributed by atoms with van der Waals surface area (Å²) in [5.41, 5.74) is 0. The van der Waals surface area contributed by atoms with E-state index in [1.807, 2.05) is 11.3 Å². The number of nitrogens with zero attached hydrogens (tertiary/aromatic N) is 1. The molecule has 1 aromatic heterocycles. The van der Waals surface area contributed by atoms with Gasteiger partial charge in [0.1, 0.15) is 0 Å². The maximum atomic E-state index is 3.49. The first-order chi connectivity index (χ1) is 7.77. The first kappa shape index (κ1) is 12.1. The highest BCUT2D eigenvalue weighted by Gasteiger charge is 2.19. The van der Waals surface area contributed by atoms with Crippen LogP contribution in [0.2, 0.25) is 0 Å². The van der Waals surface area contributed by atoms with Crippen molar-refractivity contribution in [3.8, 4) is 0 Å². The van der Waals surface area contributed by atoms with Crippen molar-refractivity contribution in [2.45, 2.75) is 25.8 Å². The molecule has 0 aliphatic carbocycles. The van der Waals surface area contributed by atoms with E-state index in [0.717, 1.165) is 5.92 Å². The van der Waals surface area contributed by atoms with Gasteiger partial charge in [0, 0.05) is 17.5 Å². The summed E-state index contributed by atoms with van der Waals surface area (Å²) in [6.07, 6.45) is 2.72. The Kier molecular flexibility index (Phi) is 4.38. The Morgan fingerprint density at radius 3 is 3.12 bits per heavy atom. The quantitative estimate of drug-likeness (QED) is 0.867. The molecule has 2 heterocycles. The van der Waals surface area contributed by atoms with Crippen LogP contribution in [0.15, 0.2) is 17.5 Å². The normalized spacial score (nSPS) is 23.6. The molecule has 1 fully saturated rings. The van der Waals surface area contributed by atoms with Crippen LogP contribution in [0.5, 0.6) is 0 Å². The Balaban J connectivity index is 1.84. The SMILES string of the molecule is C[C@@H](c1cccs1)N(C)C[C@@H]1CCCNC1. The van der Waals surface area contributed by atoms with Crippen molar-refractivity contribution in [3.63, 3.8) is 0 Å². The zero-order chi connectivity index (χ0) is 11.4. The first-order valence-corrected chi connectivity index (χ1v) is 7.09. The van der Waals surface area contributed by atoms with E-state index in [1.165, 1.54) is 37.4 Å². The topological polar surface area (TPSA) is 15.3 Å². The van der Waals surface area contributed by atoms with Crippen LogP contribution in [0, 0.1) is 5.92 Å². The van der Waals surface area contributed by atoms with E-state index in [0.29, 0.717) is 6.04 Å². The molecule has 0 aromatic carbocycles. The molecule has 0 saturated carbocycles. The van der Waals surface area contributed by atoms with Gasteiger partial charge in [0.2, 0.25) is 0 Å². The molecule has 1 saturated heterocycles. The molecule has 3 heteroatoms. The fourth-order valence-corrected chi connectivity index (χ4v) is 3.24. The predicted molar refractivity (Wildman–Crippen MR) is 71.0 cm³/mol. The minimum absolute atomic E-state index is 0.557. The van der Waals surface area contributed by atoms with Crippen molar-refractivity contribution >= 4 is 11.3 Å². The van der Waals surface area contributed by atoms with Crippen molar-refractivity contribution in [2.75, 3.05) is 26.7 Å². The molecule has 0 unspecified atom stereocenters. The second kappa shape index (κ2) is 5.80. The third kappa shape index (κ3) is 3.06. The zero-order valence-corrected chi connectivity index (χ0v) is 11.1. The third-order valence-corrected chi connectivity index (χ3v) is 4.60. The second-order valence-electron chi connectivity index (χ2n) is 4.84. The van der Waals surface area contributed by atoms with Crippen molar-refractivity contribution in [1.29, 1.82) is 0 Å². The number of thiophene rings is 1. The summed E-state index contributed by atoms with van der Waals surface area (Å²) in [7, 11) is 2.25. The summed E-state index contributed by atoms with van der Waals surface area (Å²) >= 11 is 1.86. The first-order valence-electron chi connectivity index (χ1n) is 6.21. The fourth-order valence-electron chi connectivity index (χ4n) is 2.39. The number of rotatable bonds is 4. The molecule has 1 aliphatic heterocycles. The molecule has 0 bridgehead atoms. The van der Waals surface area contributed by atoms with E-state index in [4.69, 9.17) is 0 Å². The van der Waals surface area contributed by atoms with E-state index >= 15 is 0 Å². The van der Waals surface area contributed by atoms with Crippen LogP contribution in [0.3, 0.4) is 0 Å². The molecule has 0 radical (unpaired) electrons. The summed E-state index contributed by atoms with van der Waals surface area (Å²) in [5, 5.41) is 5.66. The van der Waals surface area contributed by atoms with Crippen LogP contribution < -0.4 is 5.32 Å². The predicted octanol–water partition coefficient (Wildman–Crippen LogP) is 2.74. The molecule has 2 rings (SSSR count). The van der Waals surface area contributed by atoms with Crippen LogP contribution in [0.4, 0.5) is 0 Å². The van der Waals surface area contributed by atoms with E-state index < -0.39 is 0 Å². The monoisotopic (exact) mass is 238 g/mol. The van der Waals surface area contributed by atoms with Gasteiger partial charge in [0.05, 0.1) is 0 Å². The molecular formula is C13H22N2S. The van der Waals surface area contributed by atoms with Gasteiger partial charge in [0.25, 0.3) is 0 Å². The summed E-state index contributed by atoms with van der Waals surface area (Å²) in [4.78, 5) is 3.97. The van der Waals surface area contributed by atoms with Crippen molar-refractivity contribution in [2.24, 2.45) is 5.92 Å². The summed E-state index contributed by atoms with van der Waals surface area (Å²) in [5.74, 6) is 0.834. The summed E-state index contributed by atoms with van der Waals surface area (Å²) in [6.45, 7) is 5.93. The van der Waals surface area contributed by atoms with Crippen molar-refractivity contribution in [1.82, 2.24) is 10.2 Å². The second-order valence-corrected chi connectivity index (χ2v) is 5.82. The molecule has 1 aliphatic rings. The molecule has 16 heavy (non-hydrogen) atoms. The van der Waals surface area contributed by atoms with Gasteiger partial charge < -0.3 is 5.32 Å². The zero-order valence-electron chi connectivity index (χ0n) is 10.3. The average molecular weight is 238 g/mol. The van der Waals surface area contributed by atoms with Crippen molar-refractivity contribution in [3.05, 3.63) is 22.4 Å². The molecule has 90 valence electrons. The third-order valence-electron chi connectivity index (χ3n) is 3.56. The minimum atomic E-state index is 0.557. The Hall–Kier alpha value is -0.380. The van der Waals surface area contributed by atoms with Gasteiger partial charge in [-0.3, -0.25) is 4.90 Å². The lowest BCUT2D eigenvalue weighted by atomic mass is 9.98. The van der Waals surface area contributed by atoms with E-state index in [1.54, 1.807) is 0 Å². The standard InChI is InChI=1S/C13H22N2S/c1-11(13-6-4-8-16-13)15(2)10-12-5-3-7-14-9-12/h4,6,8,11-12,14H,3,5,7,9-10H2,1-2H3/t11-,12+/m0/s1. The maximum absolute atomic E-state index is 3.49. The molecular weight excluding hydrogens is 216 g/mol. The van der Waals surface area contributed by atoms with Gasteiger partial charge in [-0.15, -0.1) is 11.3 Å². The summed E-state index contributed by atoms with van der Waals surface area (Å²) < 4.78 is 0. The highest BCUT2D eigenvalue weighted by molar-refractivity contribution is 7.10. The van der Waals surface area contributed by atoms with Crippen LogP contribution >= 0.6 is 11.3 Å². The molecule has 1 aromatic rings. The van der Waals surface area contributed by atoms with E-state index in [2.05, 4.69) is 41.7 Å². The molecule has 2 nitrogen and oxygen atoms in total. The Labute approximate surface area is 103 Å². The molecule has 1 N–H and O–H groups in total. The maximum Gasteiger partial charge on any atom is 0.0410 e. The Bertz CT molecular complexity index is 291. The van der Waals surface area contributed by atoms with Gasteiger partial charge in [0.15, 0.2) is 0 Å². The van der Waals surface area contributed by atoms with Gasteiger partial charge in [-0.05, 0) is 57.3 Å². The largest absolute Gasteiger partial charge is 0.316 e. The number of hydrogen-bond donors (Lipinski definition) is 1. The van der Waals surface area contributed by atoms with Crippen molar-refractivity contribution < 1.29 is 0 Å². The number of piperidine rings is 1. The molecule has 2 atom stereocenters. The summed E-state index contributed by atoms with van der Waals surface area (Å²) in [6, 6.07) is 4.94. The Morgan fingerprint density at radius 2 is 2.50 bits per heavy atom. The highest BCUT2D eigenvalue weighted by atomic mass is 32.1. The van der Waals surface area contributed by atoms with Gasteiger partial charge in [-0.2, -0.15) is 0 Å². The van der Waals surface area contributed by atoms with Crippen LogP contribution in [0.1, 0.15) is 30.7 Å². The van der Waals surface area contributed by atoms with Gasteiger partial charge >= 0.3 is 0 Å². The lowest BCUT2D eigenvalue weighted by Gasteiger charge is -2.30. The minimum Gasteiger partial charge on any atom is -0.316 e. The fraction of sp³-hybridized carbons (Fsp3) is 0.692.